The van der Waals surface area contributed by atoms with E-state index in [4.69, 9.17) is 9.84 Å². The average molecular weight is 173 g/mol. The van der Waals surface area contributed by atoms with Crippen molar-refractivity contribution in [2.45, 2.75) is 32.4 Å². The number of hydrogen-bond acceptors (Lipinski definition) is 3. The van der Waals surface area contributed by atoms with Gasteiger partial charge in [-0.1, -0.05) is 0 Å². The van der Waals surface area contributed by atoms with Gasteiger partial charge in [0.2, 0.25) is 0 Å². The molecule has 2 N–H and O–H groups in total. The zero-order valence-electron chi connectivity index (χ0n) is 8.05. The molecular formula is C7H16BNO3. The van der Waals surface area contributed by atoms with Gasteiger partial charge < -0.3 is 15.2 Å². The zero-order valence-corrected chi connectivity index (χ0v) is 8.05. The first-order valence-corrected chi connectivity index (χ1v) is 3.96. The zero-order chi connectivity index (χ0) is 9.78. The van der Waals surface area contributed by atoms with Gasteiger partial charge >= 0.3 is 6.09 Å². The fourth-order valence-corrected chi connectivity index (χ4v) is 0.545. The summed E-state index contributed by atoms with van der Waals surface area (Å²) in [6.45, 7) is 5.58. The van der Waals surface area contributed by atoms with Crippen molar-refractivity contribution < 1.29 is 14.6 Å². The van der Waals surface area contributed by atoms with E-state index in [-0.39, 0.29) is 6.54 Å². The van der Waals surface area contributed by atoms with E-state index in [1.54, 1.807) is 28.6 Å². The lowest BCUT2D eigenvalue weighted by Crippen LogP contribution is -2.36. The van der Waals surface area contributed by atoms with Crippen LogP contribution in [0, 0.1) is 0 Å². The molecule has 0 saturated heterocycles. The van der Waals surface area contributed by atoms with Gasteiger partial charge in [0.05, 0.1) is 0 Å². The fraction of sp³-hybridized carbons (Fsp3) is 0.857. The summed E-state index contributed by atoms with van der Waals surface area (Å²) < 4.78 is 4.93. The maximum absolute atomic E-state index is 10.9. The summed E-state index contributed by atoms with van der Waals surface area (Å²) in [6, 6.07) is -0.544. The molecule has 0 aromatic heterocycles. The summed E-state index contributed by atoms with van der Waals surface area (Å²) >= 11 is 0. The summed E-state index contributed by atoms with van der Waals surface area (Å²) in [5.41, 5.74) is -0.483. The van der Waals surface area contributed by atoms with Crippen molar-refractivity contribution in [3.63, 3.8) is 0 Å². The molecule has 0 aromatic rings. The van der Waals surface area contributed by atoms with Crippen LogP contribution in [0.4, 0.5) is 4.79 Å². The molecule has 0 aliphatic carbocycles. The van der Waals surface area contributed by atoms with Crippen LogP contribution < -0.4 is 5.32 Å². The van der Waals surface area contributed by atoms with Crippen LogP contribution in [-0.4, -0.2) is 37.2 Å². The Morgan fingerprint density at radius 1 is 1.67 bits per heavy atom. The normalized spacial score (nSPS) is 13.7. The second-order valence-corrected chi connectivity index (χ2v) is 3.73. The van der Waals surface area contributed by atoms with Crippen molar-refractivity contribution in [1.29, 1.82) is 0 Å². The monoisotopic (exact) mass is 173 g/mol. The summed E-state index contributed by atoms with van der Waals surface area (Å²) in [5, 5.41) is 11.3. The fourth-order valence-electron chi connectivity index (χ4n) is 0.545. The summed E-state index contributed by atoms with van der Waals surface area (Å²) in [7, 11) is 1.59. The Morgan fingerprint density at radius 2 is 2.17 bits per heavy atom. The van der Waals surface area contributed by atoms with E-state index in [9.17, 15) is 4.79 Å². The Morgan fingerprint density at radius 3 is 2.50 bits per heavy atom. The number of carbonyl (C=O) groups is 1. The number of aliphatic hydroxyl groups is 1. The molecule has 5 heteroatoms. The number of alkyl carbamates (subject to hydrolysis) is 1. The number of hydrogen-bond donors (Lipinski definition) is 2. The first-order valence-electron chi connectivity index (χ1n) is 3.96. The average Bonchev–Trinajstić information content (AvgIpc) is 1.79. The predicted molar refractivity (Wildman–Crippen MR) is 48.8 cm³/mol. The van der Waals surface area contributed by atoms with Crippen LogP contribution in [0.5, 0.6) is 0 Å². The van der Waals surface area contributed by atoms with E-state index in [2.05, 4.69) is 5.32 Å². The van der Waals surface area contributed by atoms with Crippen molar-refractivity contribution in [3.05, 3.63) is 0 Å². The van der Waals surface area contributed by atoms with Gasteiger partial charge in [0, 0.05) is 12.5 Å². The molecular weight excluding hydrogens is 157 g/mol. The smallest absolute Gasteiger partial charge is 0.407 e. The Balaban J connectivity index is 3.61. The van der Waals surface area contributed by atoms with Crippen LogP contribution >= 0.6 is 0 Å². The molecule has 70 valence electrons. The lowest BCUT2D eigenvalue weighted by molar-refractivity contribution is 0.0511. The van der Waals surface area contributed by atoms with E-state index in [0.29, 0.717) is 0 Å². The molecule has 0 bridgehead atoms. The number of amides is 1. The third-order valence-corrected chi connectivity index (χ3v) is 0.941. The number of nitrogens with one attached hydrogen (secondary N) is 1. The maximum atomic E-state index is 10.9. The van der Waals surface area contributed by atoms with Crippen LogP contribution in [-0.2, 0) is 4.74 Å². The summed E-state index contributed by atoms with van der Waals surface area (Å²) in [6.07, 6.45) is -0.497. The van der Waals surface area contributed by atoms with Crippen molar-refractivity contribution >= 4 is 13.9 Å². The van der Waals surface area contributed by atoms with E-state index in [0.717, 1.165) is 0 Å². The molecule has 0 radical (unpaired) electrons. The van der Waals surface area contributed by atoms with Crippen molar-refractivity contribution in [1.82, 2.24) is 5.32 Å². The molecule has 0 rings (SSSR count). The Labute approximate surface area is 73.7 Å². The third-order valence-electron chi connectivity index (χ3n) is 0.941. The van der Waals surface area contributed by atoms with E-state index in [1.807, 2.05) is 0 Å². The molecule has 12 heavy (non-hydrogen) atoms. The quantitative estimate of drug-likeness (QED) is 0.551. The first-order chi connectivity index (χ1) is 5.31. The molecule has 0 aromatic carbocycles. The summed E-state index contributed by atoms with van der Waals surface area (Å²) in [4.78, 5) is 10.9. The van der Waals surface area contributed by atoms with Gasteiger partial charge in [-0.3, -0.25) is 0 Å². The predicted octanol–water partition coefficient (Wildman–Crippen LogP) is -0.537. The number of ether oxygens (including phenoxy) is 1. The maximum Gasteiger partial charge on any atom is 0.407 e. The minimum atomic E-state index is -0.544. The molecule has 1 amide bonds. The molecule has 0 fully saturated rings. The standard InChI is InChI=1S/C7H16BNO3/c1-7(2,3)12-6(11)9-4-5(8)10/h5,10H,4,8H2,1-3H3,(H,9,11). The lowest BCUT2D eigenvalue weighted by atomic mass is 10.0. The van der Waals surface area contributed by atoms with Crippen molar-refractivity contribution in [2.24, 2.45) is 0 Å². The molecule has 0 aliphatic heterocycles. The molecule has 0 aliphatic rings. The van der Waals surface area contributed by atoms with E-state index in [1.165, 1.54) is 0 Å². The van der Waals surface area contributed by atoms with Gasteiger partial charge in [-0.15, -0.1) is 0 Å². The van der Waals surface area contributed by atoms with Crippen molar-refractivity contribution in [3.8, 4) is 0 Å². The topological polar surface area (TPSA) is 58.6 Å². The van der Waals surface area contributed by atoms with Crippen molar-refractivity contribution in [2.75, 3.05) is 6.54 Å². The second kappa shape index (κ2) is 4.35. The Bertz CT molecular complexity index is 153. The van der Waals surface area contributed by atoms with Gasteiger partial charge in [-0.05, 0) is 20.8 Å². The van der Waals surface area contributed by atoms with Gasteiger partial charge in [0.25, 0.3) is 0 Å². The van der Waals surface area contributed by atoms with Crippen LogP contribution in [0.1, 0.15) is 20.8 Å². The van der Waals surface area contributed by atoms with Crippen LogP contribution in [0.25, 0.3) is 0 Å². The van der Waals surface area contributed by atoms with Crippen LogP contribution in [0.3, 0.4) is 0 Å². The van der Waals surface area contributed by atoms with Gasteiger partial charge in [-0.2, -0.15) is 0 Å². The van der Waals surface area contributed by atoms with E-state index >= 15 is 0 Å². The minimum Gasteiger partial charge on any atom is -0.444 e. The number of aliphatic hydroxyl groups excluding tert-OH is 1. The largest absolute Gasteiger partial charge is 0.444 e. The Hall–Kier alpha value is -0.705. The van der Waals surface area contributed by atoms with Crippen LogP contribution in [0.2, 0.25) is 0 Å². The second-order valence-electron chi connectivity index (χ2n) is 3.73. The van der Waals surface area contributed by atoms with Gasteiger partial charge in [0.1, 0.15) is 13.4 Å². The highest BCUT2D eigenvalue weighted by molar-refractivity contribution is 6.11. The lowest BCUT2D eigenvalue weighted by Gasteiger charge is -2.19. The summed E-state index contributed by atoms with van der Waals surface area (Å²) in [5.74, 6) is 0. The molecule has 1 atom stereocenters. The third kappa shape index (κ3) is 7.40. The molecule has 4 nitrogen and oxygen atoms in total. The highest BCUT2D eigenvalue weighted by Gasteiger charge is 2.15. The molecule has 1 unspecified atom stereocenters. The van der Waals surface area contributed by atoms with E-state index < -0.39 is 17.7 Å². The number of rotatable bonds is 2. The highest BCUT2D eigenvalue weighted by Crippen LogP contribution is 2.05. The molecule has 0 spiro atoms. The minimum absolute atomic E-state index is 0.217. The highest BCUT2D eigenvalue weighted by atomic mass is 16.6. The first kappa shape index (κ1) is 11.3. The number of carbonyl (C=O) groups excluding carboxylic acids is 1. The molecule has 0 saturated carbocycles. The van der Waals surface area contributed by atoms with Gasteiger partial charge in [0.15, 0.2) is 0 Å². The Kier molecular flexibility index (Phi) is 4.10. The van der Waals surface area contributed by atoms with Gasteiger partial charge in [-0.25, -0.2) is 4.79 Å². The molecule has 0 heterocycles. The SMILES string of the molecule is BC(O)CNC(=O)OC(C)(C)C. The van der Waals surface area contributed by atoms with Crippen LogP contribution in [0.15, 0.2) is 0 Å².